The van der Waals surface area contributed by atoms with E-state index in [4.69, 9.17) is 4.99 Å². The van der Waals surface area contributed by atoms with Gasteiger partial charge < -0.3 is 10.6 Å². The molecule has 2 unspecified atom stereocenters. The van der Waals surface area contributed by atoms with Crippen LogP contribution < -0.4 is 10.6 Å². The van der Waals surface area contributed by atoms with Gasteiger partial charge in [0.05, 0.1) is 6.20 Å². The molecule has 2 aromatic rings. The lowest BCUT2D eigenvalue weighted by Crippen LogP contribution is -2.51. The maximum Gasteiger partial charge on any atom is 0.191 e. The molecule has 1 aliphatic heterocycles. The lowest BCUT2D eigenvalue weighted by molar-refractivity contribution is 0.134. The highest BCUT2D eigenvalue weighted by molar-refractivity contribution is 14.0. The molecule has 1 aromatic carbocycles. The van der Waals surface area contributed by atoms with E-state index in [2.05, 4.69) is 71.0 Å². The van der Waals surface area contributed by atoms with Crippen molar-refractivity contribution in [1.82, 2.24) is 25.3 Å². The Morgan fingerprint density at radius 3 is 2.70 bits per heavy atom. The van der Waals surface area contributed by atoms with E-state index in [1.807, 2.05) is 17.9 Å². The van der Waals surface area contributed by atoms with Gasteiger partial charge in [0.1, 0.15) is 0 Å². The Labute approximate surface area is 198 Å². The third kappa shape index (κ3) is 7.91. The van der Waals surface area contributed by atoms with Crippen LogP contribution in [0.15, 0.2) is 47.7 Å². The molecular formula is C23H37IN6. The first-order chi connectivity index (χ1) is 14.1. The van der Waals surface area contributed by atoms with Gasteiger partial charge in [-0.3, -0.25) is 14.6 Å². The summed E-state index contributed by atoms with van der Waals surface area (Å²) in [6.45, 7) is 8.33. The smallest absolute Gasteiger partial charge is 0.191 e. The van der Waals surface area contributed by atoms with Crippen molar-refractivity contribution >= 4 is 29.9 Å². The molecule has 0 saturated carbocycles. The fraction of sp³-hybridized carbons (Fsp3) is 0.565. The molecule has 6 nitrogen and oxygen atoms in total. The molecule has 1 fully saturated rings. The number of hydrogen-bond acceptors (Lipinski definition) is 3. The molecule has 0 aliphatic carbocycles. The van der Waals surface area contributed by atoms with Crippen LogP contribution >= 0.6 is 24.0 Å². The highest BCUT2D eigenvalue weighted by atomic mass is 127. The maximum atomic E-state index is 4.79. The second kappa shape index (κ2) is 12.9. The zero-order valence-corrected chi connectivity index (χ0v) is 20.9. The molecule has 166 valence electrons. The molecule has 30 heavy (non-hydrogen) atoms. The monoisotopic (exact) mass is 524 g/mol. The maximum absolute atomic E-state index is 4.79. The highest BCUT2D eigenvalue weighted by Crippen LogP contribution is 2.20. The molecule has 3 rings (SSSR count). The molecule has 2 heterocycles. The summed E-state index contributed by atoms with van der Waals surface area (Å²) in [6, 6.07) is 11.8. The van der Waals surface area contributed by atoms with Gasteiger partial charge >= 0.3 is 0 Å². The number of nitrogens with one attached hydrogen (secondary N) is 2. The largest absolute Gasteiger partial charge is 0.357 e. The number of aromatic nitrogens is 2. The van der Waals surface area contributed by atoms with Crippen molar-refractivity contribution < 1.29 is 0 Å². The van der Waals surface area contributed by atoms with Crippen LogP contribution in [-0.4, -0.2) is 52.4 Å². The first kappa shape index (κ1) is 24.7. The topological polar surface area (TPSA) is 57.5 Å². The van der Waals surface area contributed by atoms with E-state index < -0.39 is 0 Å². The average molecular weight is 524 g/mol. The van der Waals surface area contributed by atoms with Gasteiger partial charge in [0.15, 0.2) is 5.96 Å². The van der Waals surface area contributed by atoms with E-state index >= 15 is 0 Å². The summed E-state index contributed by atoms with van der Waals surface area (Å²) < 4.78 is 1.86. The fourth-order valence-electron chi connectivity index (χ4n) is 3.99. The van der Waals surface area contributed by atoms with Crippen LogP contribution in [0.1, 0.15) is 44.2 Å². The third-order valence-electron chi connectivity index (χ3n) is 5.58. The van der Waals surface area contributed by atoms with Crippen LogP contribution in [0.3, 0.4) is 0 Å². The number of aryl methyl sites for hydroxylation is 2. The first-order valence-electron chi connectivity index (χ1n) is 10.9. The zero-order chi connectivity index (χ0) is 20.5. The predicted molar refractivity (Wildman–Crippen MR) is 135 cm³/mol. The van der Waals surface area contributed by atoms with Gasteiger partial charge in [-0.05, 0) is 50.7 Å². The van der Waals surface area contributed by atoms with Crippen LogP contribution in [0.5, 0.6) is 0 Å². The summed E-state index contributed by atoms with van der Waals surface area (Å²) in [6.07, 6.45) is 8.37. The molecule has 0 bridgehead atoms. The molecule has 2 atom stereocenters. The standard InChI is InChI=1S/C23H36N6.HI/c1-4-24-23(25-13-8-11-21-16-26-28(3)17-21)27-22-12-14-29(19(2)15-22)18-20-9-6-5-7-10-20;/h5-7,9-10,16-17,19,22H,4,8,11-15,18H2,1-3H3,(H2,24,25,27);1H. The Kier molecular flexibility index (Phi) is 10.6. The van der Waals surface area contributed by atoms with E-state index in [1.165, 1.54) is 11.1 Å². The van der Waals surface area contributed by atoms with Crippen LogP contribution in [0, 0.1) is 0 Å². The molecule has 0 radical (unpaired) electrons. The number of halogens is 1. The Bertz CT molecular complexity index is 760. The van der Waals surface area contributed by atoms with Crippen molar-refractivity contribution in [3.05, 3.63) is 53.9 Å². The van der Waals surface area contributed by atoms with Gasteiger partial charge in [-0.15, -0.1) is 24.0 Å². The van der Waals surface area contributed by atoms with Crippen LogP contribution in [-0.2, 0) is 20.0 Å². The van der Waals surface area contributed by atoms with E-state index in [9.17, 15) is 0 Å². The summed E-state index contributed by atoms with van der Waals surface area (Å²) in [5, 5.41) is 11.3. The molecule has 0 amide bonds. The SMILES string of the molecule is CCNC(=NCCCc1cnn(C)c1)NC1CCN(Cc2ccccc2)C(C)C1.I. The lowest BCUT2D eigenvalue weighted by Gasteiger charge is -2.38. The summed E-state index contributed by atoms with van der Waals surface area (Å²) in [5.74, 6) is 0.951. The Morgan fingerprint density at radius 1 is 1.23 bits per heavy atom. The number of nitrogens with zero attached hydrogens (tertiary/aromatic N) is 4. The molecule has 1 aliphatic rings. The number of aliphatic imine (C=N–C) groups is 1. The fourth-order valence-corrected chi connectivity index (χ4v) is 3.99. The summed E-state index contributed by atoms with van der Waals surface area (Å²) in [4.78, 5) is 7.38. The Morgan fingerprint density at radius 2 is 2.03 bits per heavy atom. The number of rotatable bonds is 8. The van der Waals surface area contributed by atoms with Crippen molar-refractivity contribution in [1.29, 1.82) is 0 Å². The minimum Gasteiger partial charge on any atom is -0.357 e. The highest BCUT2D eigenvalue weighted by Gasteiger charge is 2.25. The van der Waals surface area contributed by atoms with Crippen molar-refractivity contribution in [3.8, 4) is 0 Å². The number of likely N-dealkylation sites (tertiary alicyclic amines) is 1. The molecule has 7 heteroatoms. The van der Waals surface area contributed by atoms with Crippen LogP contribution in [0.25, 0.3) is 0 Å². The average Bonchev–Trinajstić information content (AvgIpc) is 3.13. The van der Waals surface area contributed by atoms with E-state index in [0.29, 0.717) is 12.1 Å². The first-order valence-corrected chi connectivity index (χ1v) is 10.9. The molecular weight excluding hydrogens is 487 g/mol. The second-order valence-electron chi connectivity index (χ2n) is 8.06. The third-order valence-corrected chi connectivity index (χ3v) is 5.58. The van der Waals surface area contributed by atoms with Crippen LogP contribution in [0.4, 0.5) is 0 Å². The van der Waals surface area contributed by atoms with E-state index in [0.717, 1.165) is 57.8 Å². The lowest BCUT2D eigenvalue weighted by atomic mass is 9.97. The second-order valence-corrected chi connectivity index (χ2v) is 8.06. The summed E-state index contributed by atoms with van der Waals surface area (Å²) in [7, 11) is 1.96. The molecule has 0 spiro atoms. The molecule has 2 N–H and O–H groups in total. The van der Waals surface area contributed by atoms with Crippen molar-refractivity contribution in [2.24, 2.45) is 12.0 Å². The van der Waals surface area contributed by atoms with Gasteiger partial charge in [-0.25, -0.2) is 0 Å². The summed E-state index contributed by atoms with van der Waals surface area (Å²) >= 11 is 0. The minimum absolute atomic E-state index is 0. The zero-order valence-electron chi connectivity index (χ0n) is 18.6. The summed E-state index contributed by atoms with van der Waals surface area (Å²) in [5.41, 5.74) is 2.68. The van der Waals surface area contributed by atoms with Crippen molar-refractivity contribution in [2.45, 2.75) is 58.2 Å². The van der Waals surface area contributed by atoms with Gasteiger partial charge in [0.25, 0.3) is 0 Å². The number of piperidine rings is 1. The van der Waals surface area contributed by atoms with E-state index in [1.54, 1.807) is 0 Å². The Balaban J connectivity index is 0.00000320. The van der Waals surface area contributed by atoms with Crippen molar-refractivity contribution in [3.63, 3.8) is 0 Å². The van der Waals surface area contributed by atoms with Gasteiger partial charge in [-0.2, -0.15) is 5.10 Å². The predicted octanol–water partition coefficient (Wildman–Crippen LogP) is 3.58. The van der Waals surface area contributed by atoms with Gasteiger partial charge in [0.2, 0.25) is 0 Å². The Hall–Kier alpha value is -1.61. The number of guanidine groups is 1. The molecule has 1 aromatic heterocycles. The minimum atomic E-state index is 0. The van der Waals surface area contributed by atoms with Crippen molar-refractivity contribution in [2.75, 3.05) is 19.6 Å². The normalized spacial score (nSPS) is 19.9. The quantitative estimate of drug-likeness (QED) is 0.240. The number of benzene rings is 1. The van der Waals surface area contributed by atoms with E-state index in [-0.39, 0.29) is 24.0 Å². The number of hydrogen-bond donors (Lipinski definition) is 2. The van der Waals surface area contributed by atoms with Gasteiger partial charge in [0, 0.05) is 51.5 Å². The van der Waals surface area contributed by atoms with Gasteiger partial charge in [-0.1, -0.05) is 30.3 Å². The molecule has 1 saturated heterocycles. The van der Waals surface area contributed by atoms with Crippen LogP contribution in [0.2, 0.25) is 0 Å².